The second-order valence-electron chi connectivity index (χ2n) is 8.61. The van der Waals surface area contributed by atoms with Gasteiger partial charge in [0.25, 0.3) is 11.5 Å². The number of fused-ring (bicyclic) bond motifs is 1. The van der Waals surface area contributed by atoms with Crippen molar-refractivity contribution in [1.82, 2.24) is 9.66 Å². The maximum absolute atomic E-state index is 13.3. The van der Waals surface area contributed by atoms with E-state index in [9.17, 15) is 9.59 Å². The molecule has 1 aromatic heterocycles. The minimum absolute atomic E-state index is 0.0233. The number of anilines is 1. The summed E-state index contributed by atoms with van der Waals surface area (Å²) in [6.07, 6.45) is 1.59. The van der Waals surface area contributed by atoms with Gasteiger partial charge in [0.1, 0.15) is 5.82 Å². The predicted molar refractivity (Wildman–Crippen MR) is 162 cm³/mol. The van der Waals surface area contributed by atoms with Crippen LogP contribution in [0, 0.1) is 3.57 Å². The van der Waals surface area contributed by atoms with Gasteiger partial charge in [-0.15, -0.1) is 0 Å². The Morgan fingerprint density at radius 1 is 1.16 bits per heavy atom. The van der Waals surface area contributed by atoms with Crippen LogP contribution in [-0.2, 0) is 4.79 Å². The molecular formula is C28H26BrIN4O4. The van der Waals surface area contributed by atoms with E-state index in [0.29, 0.717) is 46.1 Å². The van der Waals surface area contributed by atoms with Crippen molar-refractivity contribution in [2.45, 2.75) is 26.7 Å². The number of carbonyl (C=O) groups is 1. The van der Waals surface area contributed by atoms with Gasteiger partial charge < -0.3 is 14.8 Å². The molecule has 4 aromatic rings. The lowest BCUT2D eigenvalue weighted by Gasteiger charge is -2.15. The summed E-state index contributed by atoms with van der Waals surface area (Å²) in [5, 5.41) is 7.78. The second-order valence-corrected chi connectivity index (χ2v) is 10.7. The summed E-state index contributed by atoms with van der Waals surface area (Å²) in [5.41, 5.74) is 1.77. The fourth-order valence-corrected chi connectivity index (χ4v) is 4.84. The lowest BCUT2D eigenvalue weighted by atomic mass is 10.2. The summed E-state index contributed by atoms with van der Waals surface area (Å²) in [7, 11) is 0. The molecule has 0 saturated carbocycles. The first-order chi connectivity index (χ1) is 18.3. The van der Waals surface area contributed by atoms with Crippen LogP contribution >= 0.6 is 38.5 Å². The van der Waals surface area contributed by atoms with Gasteiger partial charge >= 0.3 is 0 Å². The van der Waals surface area contributed by atoms with Crippen molar-refractivity contribution < 1.29 is 14.3 Å². The molecule has 0 aliphatic carbocycles. The molecule has 0 saturated heterocycles. The number of amides is 1. The van der Waals surface area contributed by atoms with Crippen LogP contribution in [0.3, 0.4) is 0 Å². The molecule has 1 heterocycles. The van der Waals surface area contributed by atoms with Gasteiger partial charge in [0.05, 0.1) is 27.3 Å². The van der Waals surface area contributed by atoms with Crippen molar-refractivity contribution >= 4 is 67.2 Å². The maximum atomic E-state index is 13.3. The SMILES string of the molecule is CCOc1cc(C=Nn2c(C(C)C)nc3ccc(Br)cc3c2=O)cc(I)c1OCC(=O)Nc1ccccc1. The Hall–Kier alpha value is -3.25. The Balaban J connectivity index is 1.62. The predicted octanol–water partition coefficient (Wildman–Crippen LogP) is 6.19. The van der Waals surface area contributed by atoms with Gasteiger partial charge in [-0.05, 0) is 77.5 Å². The summed E-state index contributed by atoms with van der Waals surface area (Å²) in [4.78, 5) is 30.4. The Labute approximate surface area is 242 Å². The third-order valence-corrected chi connectivity index (χ3v) is 6.70. The molecule has 0 bridgehead atoms. The van der Waals surface area contributed by atoms with E-state index in [0.717, 1.165) is 8.04 Å². The van der Waals surface area contributed by atoms with Crippen LogP contribution < -0.4 is 20.3 Å². The van der Waals surface area contributed by atoms with E-state index in [2.05, 4.69) is 53.9 Å². The number of ether oxygens (including phenoxy) is 2. The molecule has 0 spiro atoms. The van der Waals surface area contributed by atoms with Crippen molar-refractivity contribution in [2.24, 2.45) is 5.10 Å². The van der Waals surface area contributed by atoms with Crippen molar-refractivity contribution in [1.29, 1.82) is 0 Å². The third-order valence-electron chi connectivity index (χ3n) is 5.41. The molecule has 196 valence electrons. The number of benzene rings is 3. The van der Waals surface area contributed by atoms with Gasteiger partial charge in [-0.2, -0.15) is 9.78 Å². The van der Waals surface area contributed by atoms with E-state index in [1.54, 1.807) is 30.5 Å². The van der Waals surface area contributed by atoms with Crippen LogP contribution in [0.1, 0.15) is 38.1 Å². The quantitative estimate of drug-likeness (QED) is 0.167. The molecule has 8 nitrogen and oxygen atoms in total. The summed E-state index contributed by atoms with van der Waals surface area (Å²) in [6.45, 7) is 6.03. The number of rotatable bonds is 9. The number of carbonyl (C=O) groups excluding carboxylic acids is 1. The number of hydrogen-bond acceptors (Lipinski definition) is 6. The fourth-order valence-electron chi connectivity index (χ4n) is 3.70. The molecule has 38 heavy (non-hydrogen) atoms. The van der Waals surface area contributed by atoms with Crippen molar-refractivity contribution in [3.8, 4) is 11.5 Å². The van der Waals surface area contributed by atoms with E-state index in [-0.39, 0.29) is 24.0 Å². The Kier molecular flexibility index (Phi) is 9.16. The van der Waals surface area contributed by atoms with E-state index < -0.39 is 0 Å². The number of nitrogens with zero attached hydrogens (tertiary/aromatic N) is 3. The van der Waals surface area contributed by atoms with Crippen LogP contribution in [-0.4, -0.2) is 35.0 Å². The molecule has 0 unspecified atom stereocenters. The molecule has 0 aliphatic heterocycles. The van der Waals surface area contributed by atoms with Crippen LogP contribution in [0.4, 0.5) is 5.69 Å². The lowest BCUT2D eigenvalue weighted by Crippen LogP contribution is -2.23. The summed E-state index contributed by atoms with van der Waals surface area (Å²) in [5.74, 6) is 1.20. The minimum Gasteiger partial charge on any atom is -0.490 e. The molecule has 10 heteroatoms. The third kappa shape index (κ3) is 6.60. The first kappa shape index (κ1) is 27.8. The molecule has 0 fully saturated rings. The van der Waals surface area contributed by atoms with Crippen molar-refractivity contribution in [3.05, 3.63) is 90.4 Å². The molecule has 4 rings (SSSR count). The Bertz CT molecular complexity index is 1550. The van der Waals surface area contributed by atoms with Crippen molar-refractivity contribution in [3.63, 3.8) is 0 Å². The summed E-state index contributed by atoms with van der Waals surface area (Å²) >= 11 is 5.55. The smallest absolute Gasteiger partial charge is 0.282 e. The average molecular weight is 689 g/mol. The van der Waals surface area contributed by atoms with Crippen LogP contribution in [0.25, 0.3) is 10.9 Å². The molecular weight excluding hydrogens is 663 g/mol. The van der Waals surface area contributed by atoms with Gasteiger partial charge in [0.2, 0.25) is 0 Å². The maximum Gasteiger partial charge on any atom is 0.282 e. The Morgan fingerprint density at radius 2 is 1.92 bits per heavy atom. The Morgan fingerprint density at radius 3 is 2.63 bits per heavy atom. The standard InChI is InChI=1S/C28H26BrIN4O4/c1-4-37-24-13-18(12-22(30)26(24)38-16-25(35)32-20-8-6-5-7-9-20)15-31-34-27(17(2)3)33-23-11-10-19(29)14-21(23)28(34)36/h5-15,17H,4,16H2,1-3H3,(H,32,35). The van der Waals surface area contributed by atoms with Gasteiger partial charge in [-0.1, -0.05) is 48.0 Å². The largest absolute Gasteiger partial charge is 0.490 e. The molecule has 0 atom stereocenters. The fraction of sp³-hybridized carbons (Fsp3) is 0.214. The number of para-hydroxylation sites is 1. The van der Waals surface area contributed by atoms with Gasteiger partial charge in [-0.25, -0.2) is 4.98 Å². The van der Waals surface area contributed by atoms with Crippen molar-refractivity contribution in [2.75, 3.05) is 18.5 Å². The zero-order valence-electron chi connectivity index (χ0n) is 21.1. The van der Waals surface area contributed by atoms with E-state index in [1.807, 2.05) is 57.2 Å². The lowest BCUT2D eigenvalue weighted by molar-refractivity contribution is -0.118. The number of hydrogen-bond donors (Lipinski definition) is 1. The highest BCUT2D eigenvalue weighted by Crippen LogP contribution is 2.34. The second kappa shape index (κ2) is 12.5. The molecule has 1 amide bonds. The van der Waals surface area contributed by atoms with E-state index >= 15 is 0 Å². The van der Waals surface area contributed by atoms with Gasteiger partial charge in [0, 0.05) is 16.1 Å². The first-order valence-corrected chi connectivity index (χ1v) is 13.8. The van der Waals surface area contributed by atoms with Crippen LogP contribution in [0.15, 0.2) is 75.0 Å². The van der Waals surface area contributed by atoms with Gasteiger partial charge in [0.15, 0.2) is 18.1 Å². The monoisotopic (exact) mass is 688 g/mol. The first-order valence-electron chi connectivity index (χ1n) is 12.0. The highest BCUT2D eigenvalue weighted by atomic mass is 127. The van der Waals surface area contributed by atoms with E-state index in [4.69, 9.17) is 9.47 Å². The van der Waals surface area contributed by atoms with Crippen LogP contribution in [0.5, 0.6) is 11.5 Å². The zero-order chi connectivity index (χ0) is 27.2. The average Bonchev–Trinajstić information content (AvgIpc) is 2.88. The number of halogens is 2. The number of aromatic nitrogens is 2. The van der Waals surface area contributed by atoms with Gasteiger partial charge in [-0.3, -0.25) is 9.59 Å². The molecule has 0 aliphatic rings. The summed E-state index contributed by atoms with van der Waals surface area (Å²) < 4.78 is 14.5. The van der Waals surface area contributed by atoms with E-state index in [1.165, 1.54) is 4.68 Å². The molecule has 3 aromatic carbocycles. The highest BCUT2D eigenvalue weighted by molar-refractivity contribution is 14.1. The topological polar surface area (TPSA) is 94.8 Å². The summed E-state index contributed by atoms with van der Waals surface area (Å²) in [6, 6.07) is 18.2. The zero-order valence-corrected chi connectivity index (χ0v) is 24.8. The molecule has 0 radical (unpaired) electrons. The van der Waals surface area contributed by atoms with Crippen LogP contribution in [0.2, 0.25) is 0 Å². The number of nitrogens with one attached hydrogen (secondary N) is 1. The highest BCUT2D eigenvalue weighted by Gasteiger charge is 2.16. The molecule has 1 N–H and O–H groups in total. The minimum atomic E-state index is -0.281. The normalized spacial score (nSPS) is 11.3.